The molecule has 4 aliphatic rings. The minimum Gasteiger partial charge on any atom is -0.476 e. The van der Waals surface area contributed by atoms with Crippen molar-refractivity contribution in [2.24, 2.45) is 11.8 Å². The van der Waals surface area contributed by atoms with Crippen molar-refractivity contribution in [3.05, 3.63) is 143 Å². The number of halogens is 6. The number of benzene rings is 4. The van der Waals surface area contributed by atoms with Crippen molar-refractivity contribution in [2.45, 2.75) is 96.2 Å². The van der Waals surface area contributed by atoms with Gasteiger partial charge in [-0.1, -0.05) is 49.2 Å². The summed E-state index contributed by atoms with van der Waals surface area (Å²) >= 11 is 0. The Morgan fingerprint density at radius 3 is 1.39 bits per heavy atom. The van der Waals surface area contributed by atoms with E-state index in [1.165, 1.54) is 30.5 Å². The van der Waals surface area contributed by atoms with E-state index in [4.69, 9.17) is 13.6 Å². The van der Waals surface area contributed by atoms with Crippen LogP contribution in [0.2, 0.25) is 0 Å². The molecule has 2 aliphatic heterocycles. The predicted octanol–water partition coefficient (Wildman–Crippen LogP) is 11.8. The Morgan fingerprint density at radius 2 is 1.01 bits per heavy atom. The number of hydrogen-bond donors (Lipinski definition) is 1. The van der Waals surface area contributed by atoms with Crippen molar-refractivity contribution < 1.29 is 73.7 Å². The minimum absolute atomic E-state index is 0.00631. The van der Waals surface area contributed by atoms with Gasteiger partial charge in [-0.15, -0.1) is 26.3 Å². The van der Waals surface area contributed by atoms with Gasteiger partial charge in [0.15, 0.2) is 11.4 Å². The number of carbonyl (C=O) groups excluding carboxylic acids is 3. The smallest absolute Gasteiger partial charge is 0.476 e. The molecule has 0 spiro atoms. The van der Waals surface area contributed by atoms with Crippen molar-refractivity contribution in [1.82, 2.24) is 9.97 Å². The summed E-state index contributed by atoms with van der Waals surface area (Å²) in [6.45, 7) is 6.88. The molecule has 1 N–H and O–H groups in total. The maximum absolute atomic E-state index is 13.8. The van der Waals surface area contributed by atoms with Gasteiger partial charge in [0, 0.05) is 59.5 Å². The molecule has 400 valence electrons. The highest BCUT2D eigenvalue weighted by atomic mass is 19.4. The van der Waals surface area contributed by atoms with E-state index in [1.54, 1.807) is 16.7 Å². The molecule has 10 rings (SSSR count). The second-order valence-electron chi connectivity index (χ2n) is 18.5. The van der Waals surface area contributed by atoms with Gasteiger partial charge >= 0.3 is 24.7 Å². The number of anilines is 4. The summed E-state index contributed by atoms with van der Waals surface area (Å²) in [5, 5.41) is 9.30. The molecule has 0 radical (unpaired) electrons. The third-order valence-electron chi connectivity index (χ3n) is 14.2. The second-order valence-corrected chi connectivity index (χ2v) is 18.5. The van der Waals surface area contributed by atoms with Crippen molar-refractivity contribution >= 4 is 47.2 Å². The normalized spacial score (nSPS) is 20.5. The van der Waals surface area contributed by atoms with Gasteiger partial charge in [-0.3, -0.25) is 9.59 Å². The van der Waals surface area contributed by atoms with Gasteiger partial charge in [0.1, 0.15) is 24.0 Å². The number of carboxylic acids is 1. The number of aromatic carboxylic acids is 1. The molecule has 4 heterocycles. The molecule has 0 saturated heterocycles. The summed E-state index contributed by atoms with van der Waals surface area (Å²) in [6.07, 6.45) is -2.24. The Labute approximate surface area is 431 Å². The maximum Gasteiger partial charge on any atom is 0.573 e. The van der Waals surface area contributed by atoms with Crippen LogP contribution in [-0.2, 0) is 4.74 Å². The van der Waals surface area contributed by atoms with E-state index in [9.17, 15) is 50.6 Å². The van der Waals surface area contributed by atoms with Crippen LogP contribution in [0.5, 0.6) is 11.5 Å². The third kappa shape index (κ3) is 10.7. The van der Waals surface area contributed by atoms with Crippen LogP contribution < -0.4 is 29.1 Å². The summed E-state index contributed by atoms with van der Waals surface area (Å²) in [5.74, 6) is -3.09. The lowest BCUT2D eigenvalue weighted by Gasteiger charge is -2.47. The third-order valence-corrected chi connectivity index (χ3v) is 14.2. The van der Waals surface area contributed by atoms with Gasteiger partial charge < -0.3 is 47.8 Å². The molecule has 2 amide bonds. The molecule has 6 unspecified atom stereocenters. The average molecular weight is 1060 g/mol. The van der Waals surface area contributed by atoms with Crippen LogP contribution in [0.4, 0.5) is 49.7 Å². The highest BCUT2D eigenvalue weighted by Gasteiger charge is 2.50. The molecular formula is C54H52F6N6O10. The minimum atomic E-state index is -4.82. The zero-order chi connectivity index (χ0) is 54.1. The van der Waals surface area contributed by atoms with Crippen molar-refractivity contribution in [1.29, 1.82) is 0 Å². The highest BCUT2D eigenvalue weighted by Crippen LogP contribution is 2.53. The molecule has 16 nitrogen and oxygen atoms in total. The van der Waals surface area contributed by atoms with Gasteiger partial charge in [0.2, 0.25) is 0 Å². The largest absolute Gasteiger partial charge is 0.573 e. The van der Waals surface area contributed by atoms with Crippen LogP contribution >= 0.6 is 0 Å². The zero-order valence-electron chi connectivity index (χ0n) is 41.3. The number of carbonyl (C=O) groups is 4. The first-order valence-electron chi connectivity index (χ1n) is 24.8. The van der Waals surface area contributed by atoms with Crippen LogP contribution in [-0.4, -0.2) is 83.3 Å². The molecule has 0 bridgehead atoms. The van der Waals surface area contributed by atoms with Crippen molar-refractivity contribution in [3.63, 3.8) is 0 Å². The van der Waals surface area contributed by atoms with Crippen LogP contribution in [0.25, 0.3) is 0 Å². The van der Waals surface area contributed by atoms with E-state index in [0.717, 1.165) is 85.9 Å². The fourth-order valence-corrected chi connectivity index (χ4v) is 11.3. The summed E-state index contributed by atoms with van der Waals surface area (Å²) < 4.78 is 99.7. The zero-order valence-corrected chi connectivity index (χ0v) is 41.3. The van der Waals surface area contributed by atoms with Crippen LogP contribution in [0.1, 0.15) is 124 Å². The standard InChI is InChI=1S/C28H28F3N3O5.C26H24F3N3O5/c1-3-33(27-32-21(16-38-27)26(36)37-4-2)24-19-8-5-6-10-22(19)34(23-11-7-9-20(23)24)25(35)17-12-14-18(15-13-17)39-28(29,30)31;1-2-31(25-30-19(14-36-25)24(34)35)22-17-6-3-4-8-20(17)32(21-9-5-7-18(21)22)23(33)15-10-12-16(13-11-15)37-26(27,28)29/h5-6,8,10,12-16,20,23-24H,3-4,7,9,11H2,1-2H3;3-4,6,8,10-14,18,21-22H,2,5,7,9H2,1H3,(H,34,35). The summed E-state index contributed by atoms with van der Waals surface area (Å²) in [7, 11) is 0. The second kappa shape index (κ2) is 21.7. The van der Waals surface area contributed by atoms with Gasteiger partial charge in [-0.05, 0) is 118 Å². The lowest BCUT2D eigenvalue weighted by molar-refractivity contribution is -0.275. The Hall–Kier alpha value is -8.04. The Balaban J connectivity index is 0.000000186. The molecule has 2 aliphatic carbocycles. The number of ether oxygens (including phenoxy) is 3. The topological polar surface area (TPSA) is 181 Å². The maximum atomic E-state index is 13.8. The van der Waals surface area contributed by atoms with Crippen LogP contribution in [0, 0.1) is 11.8 Å². The number of nitrogens with zero attached hydrogens (tertiary/aromatic N) is 6. The van der Waals surface area contributed by atoms with E-state index in [0.29, 0.717) is 24.8 Å². The van der Waals surface area contributed by atoms with E-state index in [2.05, 4.69) is 19.4 Å². The molecule has 2 aromatic heterocycles. The van der Waals surface area contributed by atoms with Gasteiger partial charge in [-0.25, -0.2) is 9.59 Å². The summed E-state index contributed by atoms with van der Waals surface area (Å²) in [5.41, 5.74) is 3.61. The van der Waals surface area contributed by atoms with Crippen molar-refractivity contribution in [2.75, 3.05) is 39.3 Å². The quantitative estimate of drug-likeness (QED) is 0.0852. The lowest BCUT2D eigenvalue weighted by Crippen LogP contribution is -2.51. The number of rotatable bonds is 13. The average Bonchev–Trinajstić information content (AvgIpc) is 4.33. The molecule has 6 aromatic rings. The SMILES string of the molecule is CCN(c1nc(C(=O)O)co1)C1c2ccccc2N(C(=O)c2ccc(OC(F)(F)F)cc2)C2CCCC12.CCOC(=O)c1coc(N(CC)C2c3ccccc3N(C(=O)c3ccc(OC(F)(F)F)cc3)C3CCCC23)n1. The van der Waals surface area contributed by atoms with E-state index >= 15 is 0 Å². The number of oxazole rings is 2. The molecule has 4 aromatic carbocycles. The first-order valence-corrected chi connectivity index (χ1v) is 24.8. The fraction of sp³-hybridized carbons (Fsp3) is 0.370. The van der Waals surface area contributed by atoms with Gasteiger partial charge in [-0.2, -0.15) is 9.97 Å². The fourth-order valence-electron chi connectivity index (χ4n) is 11.3. The summed E-state index contributed by atoms with van der Waals surface area (Å²) in [6, 6.07) is 24.8. The molecule has 76 heavy (non-hydrogen) atoms. The first kappa shape index (κ1) is 52.8. The van der Waals surface area contributed by atoms with E-state index in [-0.39, 0.29) is 88.7 Å². The Bertz CT molecular complexity index is 3050. The number of amides is 2. The number of esters is 1. The van der Waals surface area contributed by atoms with E-state index in [1.807, 2.05) is 72.2 Å². The number of fused-ring (bicyclic) bond motifs is 4. The summed E-state index contributed by atoms with van der Waals surface area (Å²) in [4.78, 5) is 67.2. The van der Waals surface area contributed by atoms with Gasteiger partial charge in [0.05, 0.1) is 18.7 Å². The molecule has 2 saturated carbocycles. The van der Waals surface area contributed by atoms with Crippen LogP contribution in [0.3, 0.4) is 0 Å². The Kier molecular flexibility index (Phi) is 15.1. The number of para-hydroxylation sites is 2. The van der Waals surface area contributed by atoms with Gasteiger partial charge in [0.25, 0.3) is 23.8 Å². The number of hydrogen-bond acceptors (Lipinski definition) is 13. The van der Waals surface area contributed by atoms with E-state index < -0.39 is 30.4 Å². The van der Waals surface area contributed by atoms with Crippen LogP contribution in [0.15, 0.2) is 118 Å². The number of aromatic nitrogens is 2. The number of carboxylic acid groups (broad SMARTS) is 1. The molecular weight excluding hydrogens is 1010 g/mol. The van der Waals surface area contributed by atoms with Crippen molar-refractivity contribution in [3.8, 4) is 11.5 Å². The number of alkyl halides is 6. The molecule has 6 atom stereocenters. The predicted molar refractivity (Wildman–Crippen MR) is 262 cm³/mol. The first-order chi connectivity index (χ1) is 36.4. The Morgan fingerprint density at radius 1 is 0.605 bits per heavy atom. The molecule has 22 heteroatoms. The molecule has 2 fully saturated rings. The highest BCUT2D eigenvalue weighted by molar-refractivity contribution is 6.08. The monoisotopic (exact) mass is 1060 g/mol. The lowest BCUT2D eigenvalue weighted by atomic mass is 9.81.